The van der Waals surface area contributed by atoms with Crippen LogP contribution in [0.15, 0.2) is 24.3 Å². The third-order valence-corrected chi connectivity index (χ3v) is 3.38. The molecule has 1 aromatic carbocycles. The van der Waals surface area contributed by atoms with Crippen molar-refractivity contribution in [2.45, 2.75) is 24.7 Å². The molecule has 0 spiro atoms. The van der Waals surface area contributed by atoms with E-state index in [9.17, 15) is 18.0 Å². The standard InChI is InChI=1S/C13H14ClF3N2O2/c14-8-3-1-2-4-11(8)21-13(16,17)12(20)19-10-5-6-18-7-9(10)15/h1-4,9-10,18H,5-7H2,(H,19,20)/t9-,10-/m0/s1. The number of hydrogen-bond donors (Lipinski definition) is 2. The fraction of sp³-hybridized carbons (Fsp3) is 0.462. The quantitative estimate of drug-likeness (QED) is 0.893. The Hall–Kier alpha value is -1.47. The molecule has 0 aromatic heterocycles. The SMILES string of the molecule is O=C(N[C@H]1CCNC[C@@H]1F)C(F)(F)Oc1ccccc1Cl. The maximum absolute atomic E-state index is 13.7. The minimum absolute atomic E-state index is 0.0158. The number of nitrogens with one attached hydrogen (secondary N) is 2. The topological polar surface area (TPSA) is 50.4 Å². The highest BCUT2D eigenvalue weighted by Gasteiger charge is 2.44. The van der Waals surface area contributed by atoms with Crippen LogP contribution in [0.2, 0.25) is 5.02 Å². The lowest BCUT2D eigenvalue weighted by atomic mass is 10.1. The van der Waals surface area contributed by atoms with E-state index in [2.05, 4.69) is 10.1 Å². The molecule has 2 atom stereocenters. The zero-order chi connectivity index (χ0) is 15.5. The molecular weight excluding hydrogens is 309 g/mol. The first-order valence-electron chi connectivity index (χ1n) is 6.37. The van der Waals surface area contributed by atoms with E-state index in [1.165, 1.54) is 24.3 Å². The monoisotopic (exact) mass is 322 g/mol. The molecule has 1 amide bonds. The summed E-state index contributed by atoms with van der Waals surface area (Å²) in [6.07, 6.45) is -5.32. The second kappa shape index (κ2) is 6.53. The number of carbonyl (C=O) groups excluding carboxylic acids is 1. The first-order valence-corrected chi connectivity index (χ1v) is 6.75. The molecular formula is C13H14ClF3N2O2. The molecule has 116 valence electrons. The van der Waals surface area contributed by atoms with Crippen LogP contribution in [0.3, 0.4) is 0 Å². The molecule has 4 nitrogen and oxygen atoms in total. The van der Waals surface area contributed by atoms with Crippen molar-refractivity contribution in [3.63, 3.8) is 0 Å². The molecule has 1 aromatic rings. The van der Waals surface area contributed by atoms with E-state index in [-0.39, 0.29) is 23.7 Å². The molecule has 0 aliphatic carbocycles. The van der Waals surface area contributed by atoms with Crippen molar-refractivity contribution in [2.75, 3.05) is 13.1 Å². The Balaban J connectivity index is 2.01. The summed E-state index contributed by atoms with van der Waals surface area (Å²) in [7, 11) is 0. The second-order valence-corrected chi connectivity index (χ2v) is 5.05. The largest absolute Gasteiger partial charge is 0.482 e. The molecule has 0 unspecified atom stereocenters. The van der Waals surface area contributed by atoms with Crippen LogP contribution in [0.5, 0.6) is 5.75 Å². The number of benzene rings is 1. The van der Waals surface area contributed by atoms with Crippen LogP contribution in [0.1, 0.15) is 6.42 Å². The summed E-state index contributed by atoms with van der Waals surface area (Å²) in [6.45, 7) is 0.462. The lowest BCUT2D eigenvalue weighted by Gasteiger charge is -2.28. The van der Waals surface area contributed by atoms with Gasteiger partial charge in [0.15, 0.2) is 0 Å². The van der Waals surface area contributed by atoms with Gasteiger partial charge in [-0.25, -0.2) is 4.39 Å². The first-order chi connectivity index (χ1) is 9.90. The Morgan fingerprint density at radius 2 is 2.14 bits per heavy atom. The van der Waals surface area contributed by atoms with E-state index in [0.29, 0.717) is 6.54 Å². The molecule has 2 rings (SSSR count). The van der Waals surface area contributed by atoms with Gasteiger partial charge in [-0.2, -0.15) is 8.78 Å². The second-order valence-electron chi connectivity index (χ2n) is 4.64. The number of ether oxygens (including phenoxy) is 1. The summed E-state index contributed by atoms with van der Waals surface area (Å²) < 4.78 is 45.3. The Bertz CT molecular complexity index is 516. The molecule has 1 aliphatic heterocycles. The summed E-state index contributed by atoms with van der Waals surface area (Å²) in [6, 6.07) is 4.59. The molecule has 0 saturated carbocycles. The molecule has 8 heteroatoms. The number of carbonyl (C=O) groups is 1. The van der Waals surface area contributed by atoms with Crippen LogP contribution >= 0.6 is 11.6 Å². The van der Waals surface area contributed by atoms with Gasteiger partial charge in [0.05, 0.1) is 11.1 Å². The maximum Gasteiger partial charge on any atom is 0.482 e. The van der Waals surface area contributed by atoms with Crippen LogP contribution < -0.4 is 15.4 Å². The van der Waals surface area contributed by atoms with E-state index < -0.39 is 24.2 Å². The van der Waals surface area contributed by atoms with Gasteiger partial charge in [0.2, 0.25) is 0 Å². The van der Waals surface area contributed by atoms with Gasteiger partial charge in [-0.15, -0.1) is 0 Å². The van der Waals surface area contributed by atoms with Crippen LogP contribution in [-0.2, 0) is 4.79 Å². The fourth-order valence-electron chi connectivity index (χ4n) is 1.95. The summed E-state index contributed by atoms with van der Waals surface area (Å²) in [4.78, 5) is 11.6. The third kappa shape index (κ3) is 4.01. The van der Waals surface area contributed by atoms with E-state index in [4.69, 9.17) is 11.6 Å². The Morgan fingerprint density at radius 3 is 2.81 bits per heavy atom. The van der Waals surface area contributed by atoms with Gasteiger partial charge in [0, 0.05) is 6.54 Å². The zero-order valence-corrected chi connectivity index (χ0v) is 11.7. The lowest BCUT2D eigenvalue weighted by Crippen LogP contribution is -2.55. The predicted octanol–water partition coefficient (Wildman–Crippen LogP) is 2.13. The van der Waals surface area contributed by atoms with Gasteiger partial charge in [0.25, 0.3) is 0 Å². The Kier molecular flexibility index (Phi) is 4.95. The number of halogens is 4. The number of alkyl halides is 3. The van der Waals surface area contributed by atoms with Gasteiger partial charge < -0.3 is 15.4 Å². The van der Waals surface area contributed by atoms with Crippen LogP contribution in [0, 0.1) is 0 Å². The molecule has 0 radical (unpaired) electrons. The van der Waals surface area contributed by atoms with Crippen molar-refractivity contribution < 1.29 is 22.7 Å². The predicted molar refractivity (Wildman–Crippen MR) is 71.3 cm³/mol. The lowest BCUT2D eigenvalue weighted by molar-refractivity contribution is -0.194. The summed E-state index contributed by atoms with van der Waals surface area (Å²) in [5.41, 5.74) is 0. The summed E-state index contributed by atoms with van der Waals surface area (Å²) in [5.74, 6) is -2.00. The number of hydrogen-bond acceptors (Lipinski definition) is 3. The van der Waals surface area contributed by atoms with E-state index in [1.54, 1.807) is 0 Å². The highest BCUT2D eigenvalue weighted by Crippen LogP contribution is 2.29. The minimum atomic E-state index is -4.13. The van der Waals surface area contributed by atoms with Gasteiger partial charge in [-0.05, 0) is 25.1 Å². The normalized spacial score (nSPS) is 22.7. The molecule has 0 bridgehead atoms. The molecule has 1 fully saturated rings. The molecule has 1 heterocycles. The zero-order valence-electron chi connectivity index (χ0n) is 10.9. The van der Waals surface area contributed by atoms with Gasteiger partial charge >= 0.3 is 12.0 Å². The fourth-order valence-corrected chi connectivity index (χ4v) is 2.12. The summed E-state index contributed by atoms with van der Waals surface area (Å²) in [5, 5.41) is 4.69. The van der Waals surface area contributed by atoms with Crippen molar-refractivity contribution in [3.05, 3.63) is 29.3 Å². The number of para-hydroxylation sites is 1. The highest BCUT2D eigenvalue weighted by atomic mass is 35.5. The van der Waals surface area contributed by atoms with E-state index >= 15 is 0 Å². The summed E-state index contributed by atoms with van der Waals surface area (Å²) >= 11 is 5.69. The number of amides is 1. The van der Waals surface area contributed by atoms with Crippen LogP contribution in [0.4, 0.5) is 13.2 Å². The van der Waals surface area contributed by atoms with Gasteiger partial charge in [-0.1, -0.05) is 23.7 Å². The highest BCUT2D eigenvalue weighted by molar-refractivity contribution is 6.32. The van der Waals surface area contributed by atoms with Crippen LogP contribution in [-0.4, -0.2) is 37.3 Å². The molecule has 1 saturated heterocycles. The van der Waals surface area contributed by atoms with Crippen molar-refractivity contribution in [1.82, 2.24) is 10.6 Å². The third-order valence-electron chi connectivity index (χ3n) is 3.06. The smallest absolute Gasteiger partial charge is 0.424 e. The Morgan fingerprint density at radius 1 is 1.43 bits per heavy atom. The number of rotatable bonds is 4. The first kappa shape index (κ1) is 15.9. The Labute approximate surface area is 124 Å². The molecule has 1 aliphatic rings. The number of piperidine rings is 1. The van der Waals surface area contributed by atoms with Gasteiger partial charge in [-0.3, -0.25) is 4.79 Å². The van der Waals surface area contributed by atoms with Gasteiger partial charge in [0.1, 0.15) is 11.9 Å². The van der Waals surface area contributed by atoms with Crippen molar-refractivity contribution in [1.29, 1.82) is 0 Å². The molecule has 2 N–H and O–H groups in total. The van der Waals surface area contributed by atoms with E-state index in [0.717, 1.165) is 0 Å². The van der Waals surface area contributed by atoms with Crippen molar-refractivity contribution >= 4 is 17.5 Å². The van der Waals surface area contributed by atoms with E-state index in [1.807, 2.05) is 5.32 Å². The van der Waals surface area contributed by atoms with Crippen molar-refractivity contribution in [2.24, 2.45) is 0 Å². The van der Waals surface area contributed by atoms with Crippen LogP contribution in [0.25, 0.3) is 0 Å². The minimum Gasteiger partial charge on any atom is -0.424 e. The maximum atomic E-state index is 13.7. The van der Waals surface area contributed by atoms with Crippen molar-refractivity contribution in [3.8, 4) is 5.75 Å². The average Bonchev–Trinajstić information content (AvgIpc) is 2.43. The average molecular weight is 323 g/mol. The molecule has 21 heavy (non-hydrogen) atoms.